The fourth-order valence-corrected chi connectivity index (χ4v) is 2.60. The van der Waals surface area contributed by atoms with Crippen molar-refractivity contribution in [3.05, 3.63) is 59.2 Å². The van der Waals surface area contributed by atoms with E-state index in [1.54, 1.807) is 45.6 Å². The molecule has 0 fully saturated rings. The number of benzene rings is 2. The summed E-state index contributed by atoms with van der Waals surface area (Å²) in [6, 6.07) is 11.3. The minimum atomic E-state index is -0.0563. The molecule has 4 nitrogen and oxygen atoms in total. The molecule has 0 saturated heterocycles. The zero-order chi connectivity index (χ0) is 19.3. The van der Waals surface area contributed by atoms with Gasteiger partial charge in [0.15, 0.2) is 17.3 Å². The van der Waals surface area contributed by atoms with E-state index in [0.717, 1.165) is 5.56 Å². The third-order valence-corrected chi connectivity index (χ3v) is 4.15. The maximum Gasteiger partial charge on any atom is 0.203 e. The van der Waals surface area contributed by atoms with Crippen molar-refractivity contribution in [1.29, 1.82) is 0 Å². The quantitative estimate of drug-likeness (QED) is 0.546. The standard InChI is InChI=1S/C22H26O4/c1-22(2,3)17-10-8-16(9-11-17)18(23)12-7-15-13-19(24-4)21(26-6)20(14-15)25-5/h7-14H,1-6H3/b12-7+. The number of carbonyl (C=O) groups excluding carboxylic acids is 1. The molecule has 2 rings (SSSR count). The van der Waals surface area contributed by atoms with E-state index in [4.69, 9.17) is 14.2 Å². The van der Waals surface area contributed by atoms with E-state index in [2.05, 4.69) is 20.8 Å². The summed E-state index contributed by atoms with van der Waals surface area (Å²) in [6.45, 7) is 6.44. The first-order chi connectivity index (χ1) is 12.3. The lowest BCUT2D eigenvalue weighted by Crippen LogP contribution is -2.11. The molecular weight excluding hydrogens is 328 g/mol. The van der Waals surface area contributed by atoms with Gasteiger partial charge in [-0.3, -0.25) is 4.79 Å². The van der Waals surface area contributed by atoms with Crippen LogP contribution >= 0.6 is 0 Å². The van der Waals surface area contributed by atoms with Gasteiger partial charge in [-0.25, -0.2) is 0 Å². The van der Waals surface area contributed by atoms with Crippen LogP contribution in [0, 0.1) is 0 Å². The van der Waals surface area contributed by atoms with Gasteiger partial charge in [-0.2, -0.15) is 0 Å². The van der Waals surface area contributed by atoms with Gasteiger partial charge in [0.25, 0.3) is 0 Å². The Bertz CT molecular complexity index is 771. The molecule has 0 spiro atoms. The van der Waals surface area contributed by atoms with Crippen molar-refractivity contribution in [3.63, 3.8) is 0 Å². The van der Waals surface area contributed by atoms with Crippen LogP contribution in [0.2, 0.25) is 0 Å². The third-order valence-electron chi connectivity index (χ3n) is 4.15. The highest BCUT2D eigenvalue weighted by Crippen LogP contribution is 2.38. The molecule has 0 bridgehead atoms. The molecule has 2 aromatic carbocycles. The van der Waals surface area contributed by atoms with Crippen molar-refractivity contribution in [2.75, 3.05) is 21.3 Å². The number of hydrogen-bond acceptors (Lipinski definition) is 4. The zero-order valence-corrected chi connectivity index (χ0v) is 16.3. The van der Waals surface area contributed by atoms with Crippen LogP contribution in [0.25, 0.3) is 6.08 Å². The second kappa shape index (κ2) is 8.09. The summed E-state index contributed by atoms with van der Waals surface area (Å²) in [7, 11) is 4.68. The molecule has 138 valence electrons. The van der Waals surface area contributed by atoms with Crippen LogP contribution < -0.4 is 14.2 Å². The highest BCUT2D eigenvalue weighted by Gasteiger charge is 2.14. The van der Waals surface area contributed by atoms with Crippen LogP contribution in [0.3, 0.4) is 0 Å². The third kappa shape index (κ3) is 4.45. The van der Waals surface area contributed by atoms with E-state index in [0.29, 0.717) is 22.8 Å². The summed E-state index contributed by atoms with van der Waals surface area (Å²) in [5, 5.41) is 0. The molecule has 4 heteroatoms. The number of rotatable bonds is 6. The Morgan fingerprint density at radius 1 is 0.885 bits per heavy atom. The minimum absolute atomic E-state index is 0.0563. The zero-order valence-electron chi connectivity index (χ0n) is 16.3. The van der Waals surface area contributed by atoms with E-state index in [1.807, 2.05) is 24.3 Å². The smallest absolute Gasteiger partial charge is 0.203 e. The summed E-state index contributed by atoms with van der Waals surface area (Å²) in [4.78, 5) is 12.4. The second-order valence-electron chi connectivity index (χ2n) is 6.98. The Balaban J connectivity index is 2.25. The first kappa shape index (κ1) is 19.6. The van der Waals surface area contributed by atoms with E-state index >= 15 is 0 Å². The molecule has 0 amide bonds. The van der Waals surface area contributed by atoms with Crippen LogP contribution in [0.1, 0.15) is 42.3 Å². The largest absolute Gasteiger partial charge is 0.493 e. The molecule has 0 aliphatic carbocycles. The molecule has 0 aliphatic heterocycles. The monoisotopic (exact) mass is 354 g/mol. The normalized spacial score (nSPS) is 11.5. The van der Waals surface area contributed by atoms with Gasteiger partial charge in [0.2, 0.25) is 5.75 Å². The van der Waals surface area contributed by atoms with Crippen molar-refractivity contribution in [1.82, 2.24) is 0 Å². The Hall–Kier alpha value is -2.75. The number of methoxy groups -OCH3 is 3. The van der Waals surface area contributed by atoms with Crippen LogP contribution in [-0.4, -0.2) is 27.1 Å². The number of allylic oxidation sites excluding steroid dienone is 1. The van der Waals surface area contributed by atoms with E-state index < -0.39 is 0 Å². The highest BCUT2D eigenvalue weighted by atomic mass is 16.5. The lowest BCUT2D eigenvalue weighted by molar-refractivity contribution is 0.104. The summed E-state index contributed by atoms with van der Waals surface area (Å²) in [5.41, 5.74) is 2.71. The Kier molecular flexibility index (Phi) is 6.09. The SMILES string of the molecule is COc1cc(/C=C/C(=O)c2ccc(C(C)(C)C)cc2)cc(OC)c1OC. The number of ether oxygens (including phenoxy) is 3. The lowest BCUT2D eigenvalue weighted by Gasteiger charge is -2.18. The predicted molar refractivity (Wildman–Crippen MR) is 105 cm³/mol. The number of hydrogen-bond donors (Lipinski definition) is 0. The average molecular weight is 354 g/mol. The van der Waals surface area contributed by atoms with Crippen molar-refractivity contribution in [2.45, 2.75) is 26.2 Å². The molecule has 0 aliphatic rings. The molecular formula is C22H26O4. The van der Waals surface area contributed by atoms with Crippen molar-refractivity contribution in [3.8, 4) is 17.2 Å². The van der Waals surface area contributed by atoms with Crippen LogP contribution in [0.15, 0.2) is 42.5 Å². The number of ketones is 1. The van der Waals surface area contributed by atoms with Gasteiger partial charge < -0.3 is 14.2 Å². The van der Waals surface area contributed by atoms with Gasteiger partial charge in [-0.15, -0.1) is 0 Å². The fourth-order valence-electron chi connectivity index (χ4n) is 2.60. The minimum Gasteiger partial charge on any atom is -0.493 e. The lowest BCUT2D eigenvalue weighted by atomic mass is 9.86. The Morgan fingerprint density at radius 2 is 1.42 bits per heavy atom. The van der Waals surface area contributed by atoms with E-state index in [-0.39, 0.29) is 11.2 Å². The highest BCUT2D eigenvalue weighted by molar-refractivity contribution is 6.06. The molecule has 0 aromatic heterocycles. The van der Waals surface area contributed by atoms with Crippen LogP contribution in [-0.2, 0) is 5.41 Å². The fraction of sp³-hybridized carbons (Fsp3) is 0.318. The van der Waals surface area contributed by atoms with Gasteiger partial charge in [0.05, 0.1) is 21.3 Å². The van der Waals surface area contributed by atoms with Gasteiger partial charge >= 0.3 is 0 Å². The molecule has 0 atom stereocenters. The van der Waals surface area contributed by atoms with Gasteiger partial charge in [0, 0.05) is 5.56 Å². The van der Waals surface area contributed by atoms with Crippen molar-refractivity contribution < 1.29 is 19.0 Å². The maximum absolute atomic E-state index is 12.4. The maximum atomic E-state index is 12.4. The summed E-state index contributed by atoms with van der Waals surface area (Å²) in [5.74, 6) is 1.57. The van der Waals surface area contributed by atoms with Gasteiger partial charge in [0.1, 0.15) is 0 Å². The topological polar surface area (TPSA) is 44.8 Å². The summed E-state index contributed by atoms with van der Waals surface area (Å²) in [6.07, 6.45) is 3.29. The van der Waals surface area contributed by atoms with Gasteiger partial charge in [-0.1, -0.05) is 51.1 Å². The molecule has 0 N–H and O–H groups in total. The summed E-state index contributed by atoms with van der Waals surface area (Å²) >= 11 is 0. The average Bonchev–Trinajstić information content (AvgIpc) is 2.64. The predicted octanol–water partition coefficient (Wildman–Crippen LogP) is 4.91. The van der Waals surface area contributed by atoms with E-state index in [1.165, 1.54) is 5.56 Å². The van der Waals surface area contributed by atoms with Crippen molar-refractivity contribution in [2.24, 2.45) is 0 Å². The first-order valence-electron chi connectivity index (χ1n) is 8.43. The van der Waals surface area contributed by atoms with Crippen LogP contribution in [0.5, 0.6) is 17.2 Å². The van der Waals surface area contributed by atoms with Gasteiger partial charge in [-0.05, 0) is 34.8 Å². The molecule has 0 unspecified atom stereocenters. The molecule has 26 heavy (non-hydrogen) atoms. The van der Waals surface area contributed by atoms with E-state index in [9.17, 15) is 4.79 Å². The molecule has 2 aromatic rings. The van der Waals surface area contributed by atoms with Crippen molar-refractivity contribution >= 4 is 11.9 Å². The molecule has 0 radical (unpaired) electrons. The molecule has 0 heterocycles. The summed E-state index contributed by atoms with van der Waals surface area (Å²) < 4.78 is 16.0. The second-order valence-corrected chi connectivity index (χ2v) is 6.98. The first-order valence-corrected chi connectivity index (χ1v) is 8.43. The Labute approximate surface area is 155 Å². The number of carbonyl (C=O) groups is 1. The Morgan fingerprint density at radius 3 is 1.85 bits per heavy atom. The van der Waals surface area contributed by atoms with Crippen LogP contribution in [0.4, 0.5) is 0 Å². The molecule has 0 saturated carbocycles.